The summed E-state index contributed by atoms with van der Waals surface area (Å²) in [6.07, 6.45) is 0.576. The van der Waals surface area contributed by atoms with Gasteiger partial charge in [-0.25, -0.2) is 4.99 Å². The highest BCUT2D eigenvalue weighted by Crippen LogP contribution is 2.27. The molecular weight excluding hydrogens is 430 g/mol. The summed E-state index contributed by atoms with van der Waals surface area (Å²) in [5.41, 5.74) is 17.6. The lowest BCUT2D eigenvalue weighted by Gasteiger charge is -2.18. The van der Waals surface area contributed by atoms with Crippen LogP contribution in [-0.4, -0.2) is 49.3 Å². The van der Waals surface area contributed by atoms with E-state index in [1.807, 2.05) is 50.2 Å². The Morgan fingerprint density at radius 3 is 2.50 bits per heavy atom. The number of methoxy groups -OCH3 is 1. The molecule has 7 N–H and O–H groups in total. The number of carbonyl (C=O) groups excluding carboxylic acids is 1. The number of nitrogens with two attached hydrogens (primary N) is 2. The summed E-state index contributed by atoms with van der Waals surface area (Å²) in [5, 5.41) is 16.0. The number of carbonyl (C=O) groups is 1. The molecule has 2 aromatic carbocycles. The Hall–Kier alpha value is -3.10. The molecule has 186 valence electrons. The average Bonchev–Trinajstić information content (AvgIpc) is 2.83. The van der Waals surface area contributed by atoms with Crippen LogP contribution in [0.4, 0.5) is 0 Å². The van der Waals surface area contributed by atoms with Crippen LogP contribution in [0.15, 0.2) is 41.4 Å². The maximum absolute atomic E-state index is 12.2. The molecule has 0 radical (unpaired) electrons. The van der Waals surface area contributed by atoms with Crippen LogP contribution < -0.4 is 26.8 Å². The number of nitrogens with zero attached hydrogens (tertiary/aromatic N) is 1. The van der Waals surface area contributed by atoms with Gasteiger partial charge in [-0.1, -0.05) is 30.3 Å². The van der Waals surface area contributed by atoms with E-state index in [1.165, 1.54) is 0 Å². The molecule has 2 rings (SSSR count). The molecule has 0 saturated heterocycles. The molecule has 0 saturated carbocycles. The van der Waals surface area contributed by atoms with Crippen molar-refractivity contribution in [1.82, 2.24) is 10.6 Å². The van der Waals surface area contributed by atoms with E-state index in [2.05, 4.69) is 22.5 Å². The van der Waals surface area contributed by atoms with Gasteiger partial charge in [0, 0.05) is 19.1 Å². The van der Waals surface area contributed by atoms with Gasteiger partial charge in [0.05, 0.1) is 13.7 Å². The summed E-state index contributed by atoms with van der Waals surface area (Å²) in [4.78, 5) is 16.6. The number of aryl methyl sites for hydroxylation is 1. The highest BCUT2D eigenvalue weighted by atomic mass is 16.5. The van der Waals surface area contributed by atoms with Crippen LogP contribution in [-0.2, 0) is 17.8 Å². The standard InChI is InChI=1S/C26H39N5O3/c1-17-15-23(34-4)19(3)18(2)21(17)16-31-26(28)30-13-8-11-22(27)24(32)25(33)29-14-12-20-9-6-5-7-10-20/h5-7,9-10,15,22,24,32H,8,11-14,16,27H2,1-4H3,(H,29,33)(H3,28,30,31)/t22-,24?/m0/s1. The molecular formula is C26H39N5O3. The molecule has 0 aliphatic carbocycles. The van der Waals surface area contributed by atoms with Crippen molar-refractivity contribution in [3.63, 3.8) is 0 Å². The summed E-state index contributed by atoms with van der Waals surface area (Å²) in [7, 11) is 1.67. The monoisotopic (exact) mass is 469 g/mol. The van der Waals surface area contributed by atoms with Crippen molar-refractivity contribution in [2.45, 2.75) is 58.7 Å². The minimum atomic E-state index is -1.24. The maximum atomic E-state index is 12.2. The molecule has 1 amide bonds. The van der Waals surface area contributed by atoms with E-state index < -0.39 is 18.1 Å². The van der Waals surface area contributed by atoms with Gasteiger partial charge in [0.15, 0.2) is 5.96 Å². The number of aliphatic imine (C=N–C) groups is 1. The first-order chi connectivity index (χ1) is 16.2. The molecule has 34 heavy (non-hydrogen) atoms. The third-order valence-corrected chi connectivity index (χ3v) is 6.09. The lowest BCUT2D eigenvalue weighted by Crippen LogP contribution is -2.47. The van der Waals surface area contributed by atoms with Crippen LogP contribution in [0.1, 0.15) is 40.7 Å². The quantitative estimate of drug-likeness (QED) is 0.183. The first kappa shape index (κ1) is 27.1. The number of amides is 1. The number of guanidine groups is 1. The Balaban J connectivity index is 1.71. The second-order valence-corrected chi connectivity index (χ2v) is 8.53. The zero-order valence-electron chi connectivity index (χ0n) is 20.7. The van der Waals surface area contributed by atoms with Crippen LogP contribution in [0.2, 0.25) is 0 Å². The molecule has 0 aliphatic heterocycles. The van der Waals surface area contributed by atoms with E-state index in [9.17, 15) is 9.90 Å². The average molecular weight is 470 g/mol. The molecule has 8 heteroatoms. The lowest BCUT2D eigenvalue weighted by atomic mass is 9.97. The minimum Gasteiger partial charge on any atom is -0.496 e. The zero-order valence-corrected chi connectivity index (χ0v) is 20.7. The van der Waals surface area contributed by atoms with E-state index in [0.29, 0.717) is 44.9 Å². The summed E-state index contributed by atoms with van der Waals surface area (Å²) < 4.78 is 5.42. The highest BCUT2D eigenvalue weighted by Gasteiger charge is 2.22. The van der Waals surface area contributed by atoms with Crippen LogP contribution >= 0.6 is 0 Å². The number of benzene rings is 2. The molecule has 2 atom stereocenters. The van der Waals surface area contributed by atoms with Gasteiger partial charge >= 0.3 is 0 Å². The number of hydrogen-bond donors (Lipinski definition) is 5. The molecule has 0 fully saturated rings. The molecule has 8 nitrogen and oxygen atoms in total. The number of aliphatic hydroxyl groups excluding tert-OH is 1. The van der Waals surface area contributed by atoms with Crippen molar-refractivity contribution in [2.24, 2.45) is 16.5 Å². The van der Waals surface area contributed by atoms with Crippen molar-refractivity contribution in [3.8, 4) is 5.75 Å². The van der Waals surface area contributed by atoms with Crippen molar-refractivity contribution >= 4 is 11.9 Å². The molecule has 0 bridgehead atoms. The van der Waals surface area contributed by atoms with E-state index in [1.54, 1.807) is 7.11 Å². The second kappa shape index (κ2) is 13.6. The normalized spacial score (nSPS) is 13.3. The van der Waals surface area contributed by atoms with Crippen molar-refractivity contribution in [1.29, 1.82) is 0 Å². The van der Waals surface area contributed by atoms with Gasteiger partial charge in [0.1, 0.15) is 11.9 Å². The number of rotatable bonds is 12. The number of nitrogens with one attached hydrogen (secondary N) is 2. The fourth-order valence-electron chi connectivity index (χ4n) is 3.76. The molecule has 0 heterocycles. The Kier molecular flexibility index (Phi) is 10.8. The van der Waals surface area contributed by atoms with Crippen LogP contribution in [0.5, 0.6) is 5.75 Å². The fraction of sp³-hybridized carbons (Fsp3) is 0.462. The number of ether oxygens (including phenoxy) is 1. The van der Waals surface area contributed by atoms with E-state index in [-0.39, 0.29) is 0 Å². The number of aliphatic hydroxyl groups is 1. The summed E-state index contributed by atoms with van der Waals surface area (Å²) in [6, 6.07) is 11.2. The van der Waals surface area contributed by atoms with Gasteiger partial charge < -0.3 is 31.9 Å². The predicted octanol–water partition coefficient (Wildman–Crippen LogP) is 1.85. The van der Waals surface area contributed by atoms with Crippen molar-refractivity contribution in [2.75, 3.05) is 20.2 Å². The number of hydrogen-bond acceptors (Lipinski definition) is 5. The van der Waals surface area contributed by atoms with Crippen LogP contribution in [0.25, 0.3) is 0 Å². The van der Waals surface area contributed by atoms with Gasteiger partial charge in [-0.2, -0.15) is 0 Å². The first-order valence-corrected chi connectivity index (χ1v) is 11.7. The molecule has 1 unspecified atom stereocenters. The topological polar surface area (TPSA) is 135 Å². The molecule has 0 spiro atoms. The Labute approximate surface area is 202 Å². The zero-order chi connectivity index (χ0) is 25.1. The summed E-state index contributed by atoms with van der Waals surface area (Å²) in [5.74, 6) is 0.773. The largest absolute Gasteiger partial charge is 0.496 e. The van der Waals surface area contributed by atoms with Crippen LogP contribution in [0, 0.1) is 20.8 Å². The highest BCUT2D eigenvalue weighted by molar-refractivity contribution is 5.81. The Morgan fingerprint density at radius 2 is 1.82 bits per heavy atom. The maximum Gasteiger partial charge on any atom is 0.250 e. The van der Waals surface area contributed by atoms with E-state index in [4.69, 9.17) is 16.2 Å². The summed E-state index contributed by atoms with van der Waals surface area (Å²) in [6.45, 7) is 7.60. The van der Waals surface area contributed by atoms with Gasteiger partial charge in [-0.3, -0.25) is 4.79 Å². The fourth-order valence-corrected chi connectivity index (χ4v) is 3.76. The molecule has 2 aromatic rings. The first-order valence-electron chi connectivity index (χ1n) is 11.7. The van der Waals surface area contributed by atoms with Gasteiger partial charge in [-0.05, 0) is 73.9 Å². The minimum absolute atomic E-state index is 0.347. The Bertz CT molecular complexity index is 963. The third kappa shape index (κ3) is 8.04. The Morgan fingerprint density at radius 1 is 1.12 bits per heavy atom. The summed E-state index contributed by atoms with van der Waals surface area (Å²) >= 11 is 0. The third-order valence-electron chi connectivity index (χ3n) is 6.09. The SMILES string of the molecule is COc1cc(C)c(CN=C(N)NCCC[C@H](N)C(O)C(=O)NCCc2ccccc2)c(C)c1C. The van der Waals surface area contributed by atoms with Crippen LogP contribution in [0.3, 0.4) is 0 Å². The van der Waals surface area contributed by atoms with Gasteiger partial charge in [0.25, 0.3) is 0 Å². The van der Waals surface area contributed by atoms with E-state index in [0.717, 1.165) is 33.6 Å². The van der Waals surface area contributed by atoms with Crippen molar-refractivity contribution < 1.29 is 14.6 Å². The van der Waals surface area contributed by atoms with Gasteiger partial charge in [0.2, 0.25) is 5.91 Å². The lowest BCUT2D eigenvalue weighted by molar-refractivity contribution is -0.130. The van der Waals surface area contributed by atoms with E-state index >= 15 is 0 Å². The predicted molar refractivity (Wildman–Crippen MR) is 137 cm³/mol. The van der Waals surface area contributed by atoms with Gasteiger partial charge in [-0.15, -0.1) is 0 Å². The smallest absolute Gasteiger partial charge is 0.250 e. The second-order valence-electron chi connectivity index (χ2n) is 8.53. The molecule has 0 aliphatic rings. The van der Waals surface area contributed by atoms with Crippen molar-refractivity contribution in [3.05, 3.63) is 64.2 Å². The molecule has 0 aromatic heterocycles.